The number of carbonyl (C=O) groups excluding carboxylic acids is 1. The van der Waals surface area contributed by atoms with Crippen LogP contribution in [0.5, 0.6) is 5.75 Å². The van der Waals surface area contributed by atoms with Crippen LogP contribution in [-0.4, -0.2) is 29.3 Å². The highest BCUT2D eigenvalue weighted by Gasteiger charge is 2.26. The minimum absolute atomic E-state index is 0.140. The van der Waals surface area contributed by atoms with Gasteiger partial charge in [-0.3, -0.25) is 4.79 Å². The molecule has 2 atom stereocenters. The van der Waals surface area contributed by atoms with E-state index in [1.54, 1.807) is 13.8 Å². The summed E-state index contributed by atoms with van der Waals surface area (Å²) in [4.78, 5) is 11.9. The first-order valence-corrected chi connectivity index (χ1v) is 6.25. The minimum Gasteiger partial charge on any atom is -0.481 e. The van der Waals surface area contributed by atoms with Crippen molar-refractivity contribution >= 4 is 5.91 Å². The van der Waals surface area contributed by atoms with Crippen LogP contribution in [0.4, 0.5) is 4.39 Å². The zero-order chi connectivity index (χ0) is 14.5. The molecular weight excluding hydrogens is 249 g/mol. The van der Waals surface area contributed by atoms with Crippen LogP contribution in [0.1, 0.15) is 27.2 Å². The molecule has 0 saturated carbocycles. The molecule has 19 heavy (non-hydrogen) atoms. The molecule has 0 aliphatic heterocycles. The molecule has 0 aromatic heterocycles. The van der Waals surface area contributed by atoms with Crippen LogP contribution in [0.2, 0.25) is 0 Å². The summed E-state index contributed by atoms with van der Waals surface area (Å²) in [6.07, 6.45) is -0.110. The predicted molar refractivity (Wildman–Crippen MR) is 70.4 cm³/mol. The maximum Gasteiger partial charge on any atom is 0.261 e. The Morgan fingerprint density at radius 3 is 2.53 bits per heavy atom. The number of hydrogen-bond acceptors (Lipinski definition) is 3. The molecule has 0 bridgehead atoms. The van der Waals surface area contributed by atoms with E-state index in [0.717, 1.165) is 0 Å². The highest BCUT2D eigenvalue weighted by molar-refractivity contribution is 5.81. The fourth-order valence-electron chi connectivity index (χ4n) is 1.41. The van der Waals surface area contributed by atoms with Crippen LogP contribution in [-0.2, 0) is 4.79 Å². The van der Waals surface area contributed by atoms with Crippen molar-refractivity contribution in [3.05, 3.63) is 30.1 Å². The Balaban J connectivity index is 2.60. The molecule has 0 spiro atoms. The zero-order valence-corrected chi connectivity index (χ0v) is 11.4. The third kappa shape index (κ3) is 4.52. The van der Waals surface area contributed by atoms with Gasteiger partial charge in [0.1, 0.15) is 11.6 Å². The molecule has 1 rings (SSSR count). The van der Waals surface area contributed by atoms with Crippen molar-refractivity contribution < 1.29 is 19.0 Å². The SMILES string of the molecule is CCC(C)(CO)NC(=O)C(C)Oc1ccc(F)cc1. The van der Waals surface area contributed by atoms with E-state index >= 15 is 0 Å². The van der Waals surface area contributed by atoms with Crippen molar-refractivity contribution in [1.29, 1.82) is 0 Å². The molecule has 1 aromatic rings. The average Bonchev–Trinajstić information content (AvgIpc) is 2.41. The second-order valence-corrected chi connectivity index (χ2v) is 4.78. The van der Waals surface area contributed by atoms with Gasteiger partial charge in [0.2, 0.25) is 0 Å². The number of hydrogen-bond donors (Lipinski definition) is 2. The molecule has 1 aromatic carbocycles. The number of ether oxygens (including phenoxy) is 1. The molecule has 0 heterocycles. The van der Waals surface area contributed by atoms with Gasteiger partial charge in [-0.15, -0.1) is 0 Å². The summed E-state index contributed by atoms with van der Waals surface area (Å²) in [7, 11) is 0. The van der Waals surface area contributed by atoms with Crippen LogP contribution in [0.3, 0.4) is 0 Å². The highest BCUT2D eigenvalue weighted by Crippen LogP contribution is 2.14. The van der Waals surface area contributed by atoms with Gasteiger partial charge in [-0.1, -0.05) is 6.92 Å². The summed E-state index contributed by atoms with van der Waals surface area (Å²) in [5.74, 6) is -0.253. The number of aliphatic hydroxyl groups is 1. The summed E-state index contributed by atoms with van der Waals surface area (Å²) in [6.45, 7) is 5.10. The van der Waals surface area contributed by atoms with E-state index in [1.807, 2.05) is 6.92 Å². The topological polar surface area (TPSA) is 58.6 Å². The summed E-state index contributed by atoms with van der Waals surface area (Å²) < 4.78 is 18.1. The second kappa shape index (κ2) is 6.52. The Kier molecular flexibility index (Phi) is 5.30. The lowest BCUT2D eigenvalue weighted by atomic mass is 10.00. The van der Waals surface area contributed by atoms with E-state index in [9.17, 15) is 14.3 Å². The maximum absolute atomic E-state index is 12.7. The van der Waals surface area contributed by atoms with Gasteiger partial charge < -0.3 is 15.2 Å². The van der Waals surface area contributed by atoms with Crippen molar-refractivity contribution in [2.45, 2.75) is 38.8 Å². The minimum atomic E-state index is -0.720. The van der Waals surface area contributed by atoms with Gasteiger partial charge in [0.15, 0.2) is 6.10 Å². The highest BCUT2D eigenvalue weighted by atomic mass is 19.1. The number of aliphatic hydroxyl groups excluding tert-OH is 1. The number of rotatable bonds is 6. The lowest BCUT2D eigenvalue weighted by Gasteiger charge is -2.28. The van der Waals surface area contributed by atoms with Crippen molar-refractivity contribution in [3.8, 4) is 5.75 Å². The summed E-state index contributed by atoms with van der Waals surface area (Å²) in [6, 6.07) is 5.46. The average molecular weight is 269 g/mol. The molecule has 0 saturated heterocycles. The first-order chi connectivity index (χ1) is 8.90. The van der Waals surface area contributed by atoms with E-state index < -0.39 is 11.6 Å². The molecule has 2 unspecified atom stereocenters. The number of nitrogens with one attached hydrogen (secondary N) is 1. The molecular formula is C14H20FNO3. The van der Waals surface area contributed by atoms with Gasteiger partial charge in [-0.2, -0.15) is 0 Å². The standard InChI is InChI=1S/C14H20FNO3/c1-4-14(3,9-17)16-13(18)10(2)19-12-7-5-11(15)6-8-12/h5-8,10,17H,4,9H2,1-3H3,(H,16,18). The lowest BCUT2D eigenvalue weighted by molar-refractivity contribution is -0.129. The first kappa shape index (κ1) is 15.4. The van der Waals surface area contributed by atoms with Gasteiger partial charge in [0.05, 0.1) is 12.1 Å². The van der Waals surface area contributed by atoms with Crippen LogP contribution >= 0.6 is 0 Å². The smallest absolute Gasteiger partial charge is 0.261 e. The van der Waals surface area contributed by atoms with Gasteiger partial charge in [0, 0.05) is 0 Å². The fraction of sp³-hybridized carbons (Fsp3) is 0.500. The molecule has 0 aliphatic rings. The van der Waals surface area contributed by atoms with Crippen LogP contribution in [0.25, 0.3) is 0 Å². The molecule has 0 aliphatic carbocycles. The Morgan fingerprint density at radius 1 is 1.47 bits per heavy atom. The van der Waals surface area contributed by atoms with Crippen molar-refractivity contribution in [3.63, 3.8) is 0 Å². The summed E-state index contributed by atoms with van der Waals surface area (Å²) in [5.41, 5.74) is -0.655. The largest absolute Gasteiger partial charge is 0.481 e. The Hall–Kier alpha value is -1.62. The molecule has 0 radical (unpaired) electrons. The van der Waals surface area contributed by atoms with Crippen molar-refractivity contribution in [2.24, 2.45) is 0 Å². The molecule has 2 N–H and O–H groups in total. The number of halogens is 1. The van der Waals surface area contributed by atoms with Crippen molar-refractivity contribution in [2.75, 3.05) is 6.61 Å². The first-order valence-electron chi connectivity index (χ1n) is 6.25. The normalized spacial score (nSPS) is 15.4. The maximum atomic E-state index is 12.7. The quantitative estimate of drug-likeness (QED) is 0.829. The molecule has 0 fully saturated rings. The van der Waals surface area contributed by atoms with Crippen LogP contribution in [0, 0.1) is 5.82 Å². The Morgan fingerprint density at radius 2 is 2.05 bits per heavy atom. The zero-order valence-electron chi connectivity index (χ0n) is 11.4. The number of amides is 1. The fourth-order valence-corrected chi connectivity index (χ4v) is 1.41. The predicted octanol–water partition coefficient (Wildman–Crippen LogP) is 1.87. The van der Waals surface area contributed by atoms with Gasteiger partial charge in [0.25, 0.3) is 5.91 Å². The number of benzene rings is 1. The molecule has 5 heteroatoms. The van der Waals surface area contributed by atoms with Crippen LogP contribution in [0.15, 0.2) is 24.3 Å². The van der Waals surface area contributed by atoms with E-state index in [0.29, 0.717) is 12.2 Å². The second-order valence-electron chi connectivity index (χ2n) is 4.78. The Bertz CT molecular complexity index is 415. The Labute approximate surface area is 112 Å². The third-order valence-corrected chi connectivity index (χ3v) is 3.05. The van der Waals surface area contributed by atoms with Gasteiger partial charge in [-0.05, 0) is 44.5 Å². The summed E-state index contributed by atoms with van der Waals surface area (Å²) >= 11 is 0. The van der Waals surface area contributed by atoms with E-state index in [1.165, 1.54) is 24.3 Å². The molecule has 4 nitrogen and oxygen atoms in total. The number of carbonyl (C=O) groups is 1. The van der Waals surface area contributed by atoms with E-state index in [-0.39, 0.29) is 18.3 Å². The molecule has 1 amide bonds. The van der Waals surface area contributed by atoms with E-state index in [2.05, 4.69) is 5.32 Å². The monoisotopic (exact) mass is 269 g/mol. The lowest BCUT2D eigenvalue weighted by Crippen LogP contribution is -2.52. The third-order valence-electron chi connectivity index (χ3n) is 3.05. The van der Waals surface area contributed by atoms with Gasteiger partial charge >= 0.3 is 0 Å². The van der Waals surface area contributed by atoms with Crippen LogP contribution < -0.4 is 10.1 Å². The van der Waals surface area contributed by atoms with Gasteiger partial charge in [-0.25, -0.2) is 4.39 Å². The summed E-state index contributed by atoms with van der Waals surface area (Å²) in [5, 5.41) is 12.0. The van der Waals surface area contributed by atoms with Crippen molar-refractivity contribution in [1.82, 2.24) is 5.32 Å². The van der Waals surface area contributed by atoms with E-state index in [4.69, 9.17) is 4.74 Å². The molecule has 106 valence electrons.